The van der Waals surface area contributed by atoms with Crippen LogP contribution >= 0.6 is 0 Å². The summed E-state index contributed by atoms with van der Waals surface area (Å²) in [6.07, 6.45) is 7.57. The first-order valence-electron chi connectivity index (χ1n) is 13.8. The van der Waals surface area contributed by atoms with Crippen LogP contribution < -0.4 is 15.5 Å². The van der Waals surface area contributed by atoms with Gasteiger partial charge >= 0.3 is 0 Å². The van der Waals surface area contributed by atoms with Gasteiger partial charge in [-0.15, -0.1) is 0 Å². The molecular weight excluding hydrogens is 480 g/mol. The van der Waals surface area contributed by atoms with Crippen molar-refractivity contribution in [1.29, 1.82) is 0 Å². The van der Waals surface area contributed by atoms with Gasteiger partial charge in [-0.1, -0.05) is 5.57 Å². The SMILES string of the molecule is CC(=O)C=C(C)CN1CCN(C2CCN(c3cc(-c4cnc(N)nc4)nc(N4CCOCC4)c3)CC2)CC1. The number of nitrogens with zero attached hydrogens (tertiary/aromatic N) is 7. The van der Waals surface area contributed by atoms with E-state index in [-0.39, 0.29) is 11.7 Å². The molecule has 38 heavy (non-hydrogen) atoms. The molecule has 0 unspecified atom stereocenters. The highest BCUT2D eigenvalue weighted by Gasteiger charge is 2.28. The Bertz CT molecular complexity index is 1120. The maximum absolute atomic E-state index is 11.4. The standard InChI is InChI=1S/C28H40N8O2/c1-21(15-22(2)37)20-33-7-9-35(10-8-33)24-3-5-34(6-4-24)25-16-26(23-18-30-28(29)31-19-23)32-27(17-25)36-11-13-38-14-12-36/h15-19,24H,3-14,20H2,1-2H3,(H2,29,30,31). The lowest BCUT2D eigenvalue weighted by Gasteiger charge is -2.43. The minimum Gasteiger partial charge on any atom is -0.378 e. The van der Waals surface area contributed by atoms with E-state index in [4.69, 9.17) is 15.5 Å². The van der Waals surface area contributed by atoms with Gasteiger partial charge in [-0.05, 0) is 38.8 Å². The van der Waals surface area contributed by atoms with Gasteiger partial charge in [0.1, 0.15) is 5.82 Å². The summed E-state index contributed by atoms with van der Waals surface area (Å²) in [7, 11) is 0. The number of hydrogen-bond acceptors (Lipinski definition) is 10. The van der Waals surface area contributed by atoms with Crippen molar-refractivity contribution < 1.29 is 9.53 Å². The molecule has 0 spiro atoms. The van der Waals surface area contributed by atoms with Crippen molar-refractivity contribution in [1.82, 2.24) is 24.8 Å². The highest BCUT2D eigenvalue weighted by atomic mass is 16.5. The Balaban J connectivity index is 1.23. The fourth-order valence-electron chi connectivity index (χ4n) is 5.78. The average molecular weight is 521 g/mol. The lowest BCUT2D eigenvalue weighted by Crippen LogP contribution is -2.53. The minimum atomic E-state index is 0.132. The molecule has 5 rings (SSSR count). The number of nitrogen functional groups attached to an aromatic ring is 1. The van der Waals surface area contributed by atoms with E-state index >= 15 is 0 Å². The summed E-state index contributed by atoms with van der Waals surface area (Å²) in [4.78, 5) is 34.6. The molecule has 3 saturated heterocycles. The molecule has 5 heterocycles. The van der Waals surface area contributed by atoms with Crippen LogP contribution in [0.25, 0.3) is 11.3 Å². The molecule has 2 aromatic rings. The number of ketones is 1. The molecule has 0 atom stereocenters. The largest absolute Gasteiger partial charge is 0.378 e. The number of hydrogen-bond donors (Lipinski definition) is 1. The normalized spacial score (nSPS) is 20.6. The Kier molecular flexibility index (Phi) is 8.51. The molecule has 0 saturated carbocycles. The third-order valence-electron chi connectivity index (χ3n) is 7.77. The zero-order valence-corrected chi connectivity index (χ0v) is 22.7. The first-order valence-corrected chi connectivity index (χ1v) is 13.8. The van der Waals surface area contributed by atoms with Crippen LogP contribution in [0.15, 0.2) is 36.2 Å². The molecule has 0 aliphatic carbocycles. The van der Waals surface area contributed by atoms with E-state index in [9.17, 15) is 4.79 Å². The van der Waals surface area contributed by atoms with Crippen molar-refractivity contribution >= 4 is 23.2 Å². The fourth-order valence-corrected chi connectivity index (χ4v) is 5.78. The number of rotatable bonds is 7. The average Bonchev–Trinajstić information content (AvgIpc) is 2.94. The lowest BCUT2D eigenvalue weighted by molar-refractivity contribution is -0.112. The fraction of sp³-hybridized carbons (Fsp3) is 0.571. The van der Waals surface area contributed by atoms with E-state index in [1.807, 2.05) is 0 Å². The van der Waals surface area contributed by atoms with E-state index in [1.165, 1.54) is 5.69 Å². The predicted molar refractivity (Wildman–Crippen MR) is 150 cm³/mol. The van der Waals surface area contributed by atoms with Gasteiger partial charge in [0.25, 0.3) is 0 Å². The molecule has 3 aliphatic rings. The van der Waals surface area contributed by atoms with Gasteiger partial charge in [-0.3, -0.25) is 14.6 Å². The molecule has 0 radical (unpaired) electrons. The summed E-state index contributed by atoms with van der Waals surface area (Å²) in [6.45, 7) is 14.0. The Morgan fingerprint density at radius 1 is 0.974 bits per heavy atom. The van der Waals surface area contributed by atoms with Crippen molar-refractivity contribution in [2.45, 2.75) is 32.7 Å². The maximum atomic E-state index is 11.4. The van der Waals surface area contributed by atoms with Gasteiger partial charge in [-0.25, -0.2) is 15.0 Å². The van der Waals surface area contributed by atoms with Crippen LogP contribution in [0.1, 0.15) is 26.7 Å². The summed E-state index contributed by atoms with van der Waals surface area (Å²) in [5.74, 6) is 1.38. The Hall–Kier alpha value is -3.08. The van der Waals surface area contributed by atoms with E-state index < -0.39 is 0 Å². The third-order valence-corrected chi connectivity index (χ3v) is 7.77. The molecule has 10 nitrogen and oxygen atoms in total. The minimum absolute atomic E-state index is 0.132. The quantitative estimate of drug-likeness (QED) is 0.546. The van der Waals surface area contributed by atoms with Crippen LogP contribution in [0, 0.1) is 0 Å². The van der Waals surface area contributed by atoms with E-state index in [0.29, 0.717) is 6.04 Å². The first kappa shape index (κ1) is 26.5. The Labute approximate surface area is 225 Å². The van der Waals surface area contributed by atoms with Gasteiger partial charge in [0.05, 0.1) is 18.9 Å². The topological polar surface area (TPSA) is 104 Å². The van der Waals surface area contributed by atoms with Crippen molar-refractivity contribution in [2.75, 3.05) is 87.7 Å². The molecule has 0 aromatic carbocycles. The molecule has 2 aromatic heterocycles. The second-order valence-electron chi connectivity index (χ2n) is 10.6. The number of morpholine rings is 1. The number of carbonyl (C=O) groups is 1. The summed E-state index contributed by atoms with van der Waals surface area (Å²) >= 11 is 0. The number of pyridine rings is 1. The highest BCUT2D eigenvalue weighted by Crippen LogP contribution is 2.31. The Morgan fingerprint density at radius 2 is 1.66 bits per heavy atom. The van der Waals surface area contributed by atoms with Crippen molar-refractivity contribution in [3.05, 3.63) is 36.2 Å². The van der Waals surface area contributed by atoms with Gasteiger partial charge < -0.3 is 20.3 Å². The van der Waals surface area contributed by atoms with Crippen LogP contribution in [-0.4, -0.2) is 109 Å². The second kappa shape index (κ2) is 12.2. The molecule has 10 heteroatoms. The number of carbonyl (C=O) groups excluding carboxylic acids is 1. The summed E-state index contributed by atoms with van der Waals surface area (Å²) < 4.78 is 5.57. The number of piperazine rings is 1. The first-order chi connectivity index (χ1) is 18.4. The van der Waals surface area contributed by atoms with E-state index in [0.717, 1.165) is 108 Å². The van der Waals surface area contributed by atoms with Crippen LogP contribution in [0.5, 0.6) is 0 Å². The number of piperidine rings is 1. The molecular formula is C28H40N8O2. The third kappa shape index (κ3) is 6.67. The molecule has 0 bridgehead atoms. The number of anilines is 3. The van der Waals surface area contributed by atoms with Gasteiger partial charge in [0, 0.05) is 94.7 Å². The smallest absolute Gasteiger partial charge is 0.219 e. The Morgan fingerprint density at radius 3 is 2.32 bits per heavy atom. The number of allylic oxidation sites excluding steroid dienone is 1. The van der Waals surface area contributed by atoms with E-state index in [1.54, 1.807) is 25.4 Å². The van der Waals surface area contributed by atoms with Crippen LogP contribution in [-0.2, 0) is 9.53 Å². The zero-order chi connectivity index (χ0) is 26.5. The monoisotopic (exact) mass is 520 g/mol. The summed E-state index contributed by atoms with van der Waals surface area (Å²) in [6, 6.07) is 5.01. The van der Waals surface area contributed by atoms with Crippen molar-refractivity contribution in [3.8, 4) is 11.3 Å². The molecule has 2 N–H and O–H groups in total. The summed E-state index contributed by atoms with van der Waals surface area (Å²) in [5.41, 5.74) is 9.82. The number of aromatic nitrogens is 3. The number of ether oxygens (including phenoxy) is 1. The van der Waals surface area contributed by atoms with Gasteiger partial charge in [-0.2, -0.15) is 0 Å². The van der Waals surface area contributed by atoms with Crippen LogP contribution in [0.3, 0.4) is 0 Å². The predicted octanol–water partition coefficient (Wildman–Crippen LogP) is 2.08. The number of nitrogens with two attached hydrogens (primary N) is 1. The van der Waals surface area contributed by atoms with Crippen LogP contribution in [0.2, 0.25) is 0 Å². The van der Waals surface area contributed by atoms with Crippen LogP contribution in [0.4, 0.5) is 17.5 Å². The molecule has 3 fully saturated rings. The van der Waals surface area contributed by atoms with Gasteiger partial charge in [0.2, 0.25) is 5.95 Å². The lowest BCUT2D eigenvalue weighted by atomic mass is 10.0. The van der Waals surface area contributed by atoms with Crippen molar-refractivity contribution in [3.63, 3.8) is 0 Å². The van der Waals surface area contributed by atoms with E-state index in [2.05, 4.69) is 48.6 Å². The molecule has 0 amide bonds. The second-order valence-corrected chi connectivity index (χ2v) is 10.6. The maximum Gasteiger partial charge on any atom is 0.219 e. The van der Waals surface area contributed by atoms with Gasteiger partial charge in [0.15, 0.2) is 5.78 Å². The summed E-state index contributed by atoms with van der Waals surface area (Å²) in [5, 5.41) is 0. The van der Waals surface area contributed by atoms with Crippen molar-refractivity contribution in [2.24, 2.45) is 0 Å². The highest BCUT2D eigenvalue weighted by molar-refractivity contribution is 5.87. The zero-order valence-electron chi connectivity index (χ0n) is 22.7. The molecule has 204 valence electrons. The molecule has 3 aliphatic heterocycles.